The Kier molecular flexibility index (Phi) is 2.81. The zero-order valence-electron chi connectivity index (χ0n) is 10.7. The third-order valence-corrected chi connectivity index (χ3v) is 4.33. The van der Waals surface area contributed by atoms with Crippen LogP contribution >= 0.6 is 0 Å². The van der Waals surface area contributed by atoms with E-state index in [0.717, 1.165) is 6.42 Å². The molecular formula is C15H21NO. The van der Waals surface area contributed by atoms with E-state index in [0.29, 0.717) is 18.2 Å². The molecule has 0 amide bonds. The average Bonchev–Trinajstić information content (AvgIpc) is 2.56. The molecule has 2 heteroatoms. The largest absolute Gasteiger partial charge is 0.347 e. The van der Waals surface area contributed by atoms with E-state index < -0.39 is 0 Å². The third kappa shape index (κ3) is 1.94. The van der Waals surface area contributed by atoms with Crippen LogP contribution in [0.2, 0.25) is 0 Å². The summed E-state index contributed by atoms with van der Waals surface area (Å²) in [6, 6.07) is 0.375. The summed E-state index contributed by atoms with van der Waals surface area (Å²) in [7, 11) is 0. The number of aryl methyl sites for hydroxylation is 1. The van der Waals surface area contributed by atoms with Gasteiger partial charge < -0.3 is 4.57 Å². The van der Waals surface area contributed by atoms with E-state index in [-0.39, 0.29) is 0 Å². The standard InChI is InChI=1S/C15H21NO/c1-11-8-13(17)9-15-14-7-5-3-2-4-6-12(14)10-16(11)15/h10-11H,2-9H2,1H3. The fourth-order valence-corrected chi connectivity index (χ4v) is 3.43. The molecule has 2 heterocycles. The van der Waals surface area contributed by atoms with Gasteiger partial charge in [0.1, 0.15) is 5.78 Å². The van der Waals surface area contributed by atoms with E-state index in [4.69, 9.17) is 0 Å². The second-order valence-corrected chi connectivity index (χ2v) is 5.67. The number of carbonyl (C=O) groups excluding carboxylic acids is 1. The van der Waals surface area contributed by atoms with Gasteiger partial charge >= 0.3 is 0 Å². The fourth-order valence-electron chi connectivity index (χ4n) is 3.43. The molecule has 1 aromatic rings. The molecule has 0 fully saturated rings. The summed E-state index contributed by atoms with van der Waals surface area (Å²) in [4.78, 5) is 11.8. The van der Waals surface area contributed by atoms with Crippen molar-refractivity contribution in [1.82, 2.24) is 4.57 Å². The van der Waals surface area contributed by atoms with Crippen molar-refractivity contribution in [3.8, 4) is 0 Å². The van der Waals surface area contributed by atoms with Crippen LogP contribution in [0.3, 0.4) is 0 Å². The van der Waals surface area contributed by atoms with E-state index >= 15 is 0 Å². The monoisotopic (exact) mass is 231 g/mol. The summed E-state index contributed by atoms with van der Waals surface area (Å²) < 4.78 is 2.39. The Morgan fingerprint density at radius 2 is 1.94 bits per heavy atom. The Morgan fingerprint density at radius 3 is 2.76 bits per heavy atom. The molecule has 1 unspecified atom stereocenters. The third-order valence-electron chi connectivity index (χ3n) is 4.33. The zero-order valence-corrected chi connectivity index (χ0v) is 10.7. The molecule has 1 atom stereocenters. The van der Waals surface area contributed by atoms with Gasteiger partial charge in [-0.05, 0) is 43.7 Å². The number of fused-ring (bicyclic) bond motifs is 3. The molecular weight excluding hydrogens is 210 g/mol. The first-order valence-corrected chi connectivity index (χ1v) is 6.99. The second kappa shape index (κ2) is 4.32. The summed E-state index contributed by atoms with van der Waals surface area (Å²) in [6.07, 6.45) is 11.5. The van der Waals surface area contributed by atoms with Crippen LogP contribution in [0, 0.1) is 0 Å². The molecule has 0 saturated heterocycles. The topological polar surface area (TPSA) is 22.0 Å². The van der Waals surface area contributed by atoms with Gasteiger partial charge in [-0.3, -0.25) is 4.79 Å². The highest BCUT2D eigenvalue weighted by molar-refractivity contribution is 5.82. The van der Waals surface area contributed by atoms with Crippen molar-refractivity contribution in [3.05, 3.63) is 23.0 Å². The van der Waals surface area contributed by atoms with E-state index in [1.807, 2.05) is 0 Å². The van der Waals surface area contributed by atoms with Crippen molar-refractivity contribution in [3.63, 3.8) is 0 Å². The maximum atomic E-state index is 11.8. The number of aromatic nitrogens is 1. The molecule has 92 valence electrons. The van der Waals surface area contributed by atoms with Gasteiger partial charge in [-0.2, -0.15) is 0 Å². The van der Waals surface area contributed by atoms with Crippen LogP contribution in [0.1, 0.15) is 61.9 Å². The molecule has 1 aliphatic heterocycles. The number of ketones is 1. The zero-order chi connectivity index (χ0) is 11.8. The van der Waals surface area contributed by atoms with Crippen LogP contribution in [0.4, 0.5) is 0 Å². The highest BCUT2D eigenvalue weighted by Crippen LogP contribution is 2.32. The van der Waals surface area contributed by atoms with Gasteiger partial charge in [-0.15, -0.1) is 0 Å². The van der Waals surface area contributed by atoms with Crippen LogP contribution in [0.25, 0.3) is 0 Å². The van der Waals surface area contributed by atoms with Crippen LogP contribution in [0.15, 0.2) is 6.20 Å². The number of nitrogens with zero attached hydrogens (tertiary/aromatic N) is 1. The first-order chi connectivity index (χ1) is 8.25. The van der Waals surface area contributed by atoms with Crippen molar-refractivity contribution in [2.45, 2.75) is 64.3 Å². The van der Waals surface area contributed by atoms with Gasteiger partial charge in [-0.1, -0.05) is 12.8 Å². The molecule has 0 aromatic carbocycles. The summed E-state index contributed by atoms with van der Waals surface area (Å²) in [5, 5.41) is 0. The predicted molar refractivity (Wildman–Crippen MR) is 68.3 cm³/mol. The van der Waals surface area contributed by atoms with E-state index in [1.165, 1.54) is 55.3 Å². The minimum atomic E-state index is 0.375. The maximum Gasteiger partial charge on any atom is 0.140 e. The summed E-state index contributed by atoms with van der Waals surface area (Å²) in [5.41, 5.74) is 4.39. The number of hydrogen-bond donors (Lipinski definition) is 0. The Hall–Kier alpha value is -1.05. The quantitative estimate of drug-likeness (QED) is 0.672. The second-order valence-electron chi connectivity index (χ2n) is 5.67. The van der Waals surface area contributed by atoms with Crippen molar-refractivity contribution in [2.24, 2.45) is 0 Å². The average molecular weight is 231 g/mol. The Labute approximate surface area is 103 Å². The molecule has 1 aliphatic carbocycles. The highest BCUT2D eigenvalue weighted by Gasteiger charge is 2.26. The number of carbonyl (C=O) groups is 1. The number of rotatable bonds is 0. The van der Waals surface area contributed by atoms with Crippen LogP contribution < -0.4 is 0 Å². The first-order valence-electron chi connectivity index (χ1n) is 6.99. The van der Waals surface area contributed by atoms with Crippen molar-refractivity contribution in [2.75, 3.05) is 0 Å². The van der Waals surface area contributed by atoms with Crippen LogP contribution in [-0.4, -0.2) is 10.4 Å². The van der Waals surface area contributed by atoms with Crippen LogP contribution in [-0.2, 0) is 24.1 Å². The molecule has 0 radical (unpaired) electrons. The SMILES string of the molecule is CC1CC(=O)Cc2c3c(cn21)CCCCCC3. The van der Waals surface area contributed by atoms with Gasteiger partial charge in [0.2, 0.25) is 0 Å². The van der Waals surface area contributed by atoms with Gasteiger partial charge in [-0.25, -0.2) is 0 Å². The van der Waals surface area contributed by atoms with Crippen molar-refractivity contribution < 1.29 is 4.79 Å². The molecule has 0 spiro atoms. The lowest BCUT2D eigenvalue weighted by atomic mass is 9.93. The lowest BCUT2D eigenvalue weighted by Gasteiger charge is -2.23. The molecule has 3 rings (SSSR count). The van der Waals surface area contributed by atoms with Gasteiger partial charge in [0.05, 0.1) is 0 Å². The summed E-state index contributed by atoms with van der Waals surface area (Å²) in [6.45, 7) is 2.17. The predicted octanol–water partition coefficient (Wildman–Crippen LogP) is 3.22. The van der Waals surface area contributed by atoms with Gasteiger partial charge in [0.15, 0.2) is 0 Å². The van der Waals surface area contributed by atoms with E-state index in [1.54, 1.807) is 0 Å². The maximum absolute atomic E-state index is 11.8. The molecule has 2 aliphatic rings. The van der Waals surface area contributed by atoms with Gasteiger partial charge in [0.25, 0.3) is 0 Å². The minimum Gasteiger partial charge on any atom is -0.347 e. The molecule has 1 aromatic heterocycles. The fraction of sp³-hybridized carbons (Fsp3) is 0.667. The van der Waals surface area contributed by atoms with Crippen LogP contribution in [0.5, 0.6) is 0 Å². The molecule has 0 N–H and O–H groups in total. The van der Waals surface area contributed by atoms with Crippen molar-refractivity contribution >= 4 is 5.78 Å². The highest BCUT2D eigenvalue weighted by atomic mass is 16.1. The van der Waals surface area contributed by atoms with Gasteiger partial charge in [0, 0.05) is 30.8 Å². The van der Waals surface area contributed by atoms with E-state index in [2.05, 4.69) is 17.7 Å². The Morgan fingerprint density at radius 1 is 1.18 bits per heavy atom. The Bertz CT molecular complexity index is 444. The van der Waals surface area contributed by atoms with Crippen molar-refractivity contribution in [1.29, 1.82) is 0 Å². The lowest BCUT2D eigenvalue weighted by molar-refractivity contribution is -0.120. The summed E-state index contributed by atoms with van der Waals surface area (Å²) >= 11 is 0. The Balaban J connectivity index is 2.03. The minimum absolute atomic E-state index is 0.375. The smallest absolute Gasteiger partial charge is 0.140 e. The molecule has 2 nitrogen and oxygen atoms in total. The number of Topliss-reactive ketones (excluding diaryl/α,β-unsaturated/α-hetero) is 1. The van der Waals surface area contributed by atoms with E-state index in [9.17, 15) is 4.79 Å². The summed E-state index contributed by atoms with van der Waals surface area (Å²) in [5.74, 6) is 0.424. The normalized spacial score (nSPS) is 24.8. The lowest BCUT2D eigenvalue weighted by Crippen LogP contribution is -2.22. The first kappa shape index (κ1) is 11.1. The molecule has 0 saturated carbocycles. The molecule has 17 heavy (non-hydrogen) atoms. The molecule has 0 bridgehead atoms. The number of hydrogen-bond acceptors (Lipinski definition) is 1.